The Morgan fingerprint density at radius 3 is 2.29 bits per heavy atom. The second-order valence-corrected chi connectivity index (χ2v) is 4.37. The van der Waals surface area contributed by atoms with Crippen LogP contribution in [0.25, 0.3) is 0 Å². The van der Waals surface area contributed by atoms with Gasteiger partial charge in [0.05, 0.1) is 28.1 Å². The molecule has 0 radical (unpaired) electrons. The fraction of sp³-hybridized carbons (Fsp3) is 0.0909. The van der Waals surface area contributed by atoms with Gasteiger partial charge in [-0.2, -0.15) is 0 Å². The molecule has 0 aliphatic heterocycles. The molecular weight excluding hydrogens is 282 g/mol. The van der Waals surface area contributed by atoms with Crippen LogP contribution in [0.4, 0.5) is 0 Å². The van der Waals surface area contributed by atoms with E-state index >= 15 is 0 Å². The zero-order chi connectivity index (χ0) is 12.3. The van der Waals surface area contributed by atoms with E-state index in [1.54, 1.807) is 18.2 Å². The molecule has 0 unspecified atom stereocenters. The molecule has 0 aliphatic rings. The van der Waals surface area contributed by atoms with Gasteiger partial charge in [0, 0.05) is 0 Å². The Balaban J connectivity index is 2.10. The van der Waals surface area contributed by atoms with Crippen LogP contribution in [0.3, 0.4) is 0 Å². The molecule has 6 heteroatoms. The van der Waals surface area contributed by atoms with Gasteiger partial charge in [0.2, 0.25) is 0 Å². The quantitative estimate of drug-likeness (QED) is 0.856. The molecular formula is C11H7Cl3N2O. The molecule has 0 fully saturated rings. The van der Waals surface area contributed by atoms with E-state index in [1.165, 1.54) is 12.4 Å². The van der Waals surface area contributed by atoms with E-state index < -0.39 is 0 Å². The van der Waals surface area contributed by atoms with E-state index in [0.717, 1.165) is 0 Å². The molecule has 1 aromatic heterocycles. The number of nitrogens with zero attached hydrogens (tertiary/aromatic N) is 2. The first-order valence-corrected chi connectivity index (χ1v) is 5.83. The van der Waals surface area contributed by atoms with Crippen molar-refractivity contribution in [3.05, 3.63) is 51.5 Å². The van der Waals surface area contributed by atoms with Gasteiger partial charge >= 0.3 is 0 Å². The predicted molar refractivity (Wildman–Crippen MR) is 67.8 cm³/mol. The highest BCUT2D eigenvalue weighted by atomic mass is 35.5. The Kier molecular flexibility index (Phi) is 4.05. The third kappa shape index (κ3) is 3.22. The average Bonchev–Trinajstić information content (AvgIpc) is 2.31. The highest BCUT2D eigenvalue weighted by molar-refractivity contribution is 6.37. The van der Waals surface area contributed by atoms with Gasteiger partial charge in [-0.05, 0) is 12.1 Å². The first-order chi connectivity index (χ1) is 8.16. The minimum absolute atomic E-state index is 0.230. The zero-order valence-corrected chi connectivity index (χ0v) is 10.8. The van der Waals surface area contributed by atoms with Gasteiger partial charge in [0.1, 0.15) is 11.8 Å². The van der Waals surface area contributed by atoms with Crippen molar-refractivity contribution in [3.63, 3.8) is 0 Å². The Morgan fingerprint density at radius 1 is 1.00 bits per heavy atom. The summed E-state index contributed by atoms with van der Waals surface area (Å²) in [6, 6.07) is 5.16. The van der Waals surface area contributed by atoms with Gasteiger partial charge in [0.25, 0.3) is 0 Å². The van der Waals surface area contributed by atoms with Crippen LogP contribution in [0, 0.1) is 0 Å². The summed E-state index contributed by atoms with van der Waals surface area (Å²) in [4.78, 5) is 7.94. The first-order valence-electron chi connectivity index (χ1n) is 4.70. The minimum atomic E-state index is 0.230. The maximum absolute atomic E-state index is 5.95. The van der Waals surface area contributed by atoms with Crippen LogP contribution < -0.4 is 4.74 Å². The highest BCUT2D eigenvalue weighted by Crippen LogP contribution is 2.32. The third-order valence-corrected chi connectivity index (χ3v) is 2.75. The molecule has 0 bridgehead atoms. The fourth-order valence-corrected chi connectivity index (χ4v) is 1.78. The second-order valence-electron chi connectivity index (χ2n) is 3.17. The number of rotatable bonds is 3. The lowest BCUT2D eigenvalue weighted by Gasteiger charge is -2.08. The van der Waals surface area contributed by atoms with Gasteiger partial charge < -0.3 is 4.74 Å². The van der Waals surface area contributed by atoms with Crippen molar-refractivity contribution in [2.45, 2.75) is 6.61 Å². The number of aromatic nitrogens is 2. The summed E-state index contributed by atoms with van der Waals surface area (Å²) in [5.41, 5.74) is 0.644. The van der Waals surface area contributed by atoms with Crippen LogP contribution in [-0.2, 0) is 6.61 Å². The smallest absolute Gasteiger partial charge is 0.157 e. The molecule has 1 aromatic carbocycles. The molecule has 1 heterocycles. The third-order valence-electron chi connectivity index (χ3n) is 1.96. The van der Waals surface area contributed by atoms with Crippen molar-refractivity contribution in [1.82, 2.24) is 9.97 Å². The van der Waals surface area contributed by atoms with E-state index in [2.05, 4.69) is 9.97 Å². The van der Waals surface area contributed by atoms with Crippen LogP contribution in [-0.4, -0.2) is 9.97 Å². The van der Waals surface area contributed by atoms with Crippen molar-refractivity contribution in [2.24, 2.45) is 0 Å². The van der Waals surface area contributed by atoms with E-state index in [4.69, 9.17) is 39.5 Å². The van der Waals surface area contributed by atoms with Crippen molar-refractivity contribution < 1.29 is 4.74 Å². The van der Waals surface area contributed by atoms with E-state index in [9.17, 15) is 0 Å². The van der Waals surface area contributed by atoms with Crippen molar-refractivity contribution in [3.8, 4) is 5.75 Å². The standard InChI is InChI=1S/C11H7Cl3N2O/c12-8-2-1-3-9(13)11(8)17-6-7-4-16-10(14)5-15-7/h1-5H,6H2. The van der Waals surface area contributed by atoms with Crippen molar-refractivity contribution in [2.75, 3.05) is 0 Å². The number of hydrogen-bond donors (Lipinski definition) is 0. The van der Waals surface area contributed by atoms with Gasteiger partial charge in [-0.3, -0.25) is 4.98 Å². The summed E-state index contributed by atoms with van der Waals surface area (Å²) in [6.07, 6.45) is 2.99. The molecule has 2 rings (SSSR count). The fourth-order valence-electron chi connectivity index (χ4n) is 1.18. The Bertz CT molecular complexity index is 496. The summed E-state index contributed by atoms with van der Waals surface area (Å²) in [6.45, 7) is 0.230. The van der Waals surface area contributed by atoms with Crippen LogP contribution in [0.5, 0.6) is 5.75 Å². The molecule has 0 N–H and O–H groups in total. The number of ether oxygens (including phenoxy) is 1. The SMILES string of the molecule is Clc1cnc(COc2c(Cl)cccc2Cl)cn1. The lowest BCUT2D eigenvalue weighted by molar-refractivity contribution is 0.301. The van der Waals surface area contributed by atoms with E-state index in [0.29, 0.717) is 26.6 Å². The molecule has 0 atom stereocenters. The van der Waals surface area contributed by atoms with Gasteiger partial charge in [0.15, 0.2) is 5.75 Å². The topological polar surface area (TPSA) is 35.0 Å². The minimum Gasteiger partial charge on any atom is -0.484 e. The number of halogens is 3. The largest absolute Gasteiger partial charge is 0.484 e. The molecule has 88 valence electrons. The molecule has 3 nitrogen and oxygen atoms in total. The normalized spacial score (nSPS) is 10.3. The predicted octanol–water partition coefficient (Wildman–Crippen LogP) is 4.02. The molecule has 0 spiro atoms. The summed E-state index contributed by atoms with van der Waals surface area (Å²) in [5, 5.41) is 1.25. The summed E-state index contributed by atoms with van der Waals surface area (Å²) >= 11 is 17.5. The van der Waals surface area contributed by atoms with E-state index in [-0.39, 0.29) is 6.61 Å². The van der Waals surface area contributed by atoms with Gasteiger partial charge in [-0.15, -0.1) is 0 Å². The molecule has 0 aliphatic carbocycles. The summed E-state index contributed by atoms with van der Waals surface area (Å²) < 4.78 is 5.48. The number of hydrogen-bond acceptors (Lipinski definition) is 3. The highest BCUT2D eigenvalue weighted by Gasteiger charge is 2.07. The van der Waals surface area contributed by atoms with Gasteiger partial charge in [-0.25, -0.2) is 4.98 Å². The molecule has 2 aromatic rings. The number of benzene rings is 1. The van der Waals surface area contributed by atoms with Crippen LogP contribution >= 0.6 is 34.8 Å². The molecule has 0 saturated carbocycles. The molecule has 0 amide bonds. The maximum atomic E-state index is 5.95. The Hall–Kier alpha value is -1.03. The average molecular weight is 290 g/mol. The molecule has 17 heavy (non-hydrogen) atoms. The lowest BCUT2D eigenvalue weighted by Crippen LogP contribution is -1.99. The Labute approximate surface area is 113 Å². The second kappa shape index (κ2) is 5.54. The van der Waals surface area contributed by atoms with Crippen LogP contribution in [0.1, 0.15) is 5.69 Å². The number of para-hydroxylation sites is 1. The van der Waals surface area contributed by atoms with Crippen LogP contribution in [0.15, 0.2) is 30.6 Å². The van der Waals surface area contributed by atoms with Crippen LogP contribution in [0.2, 0.25) is 15.2 Å². The monoisotopic (exact) mass is 288 g/mol. The van der Waals surface area contributed by atoms with Gasteiger partial charge in [-0.1, -0.05) is 40.9 Å². The summed E-state index contributed by atoms with van der Waals surface area (Å²) in [5.74, 6) is 0.438. The molecule has 0 saturated heterocycles. The maximum Gasteiger partial charge on any atom is 0.157 e. The lowest BCUT2D eigenvalue weighted by atomic mass is 10.3. The van der Waals surface area contributed by atoms with E-state index in [1.807, 2.05) is 0 Å². The first kappa shape index (κ1) is 12.4. The zero-order valence-electron chi connectivity index (χ0n) is 8.53. The van der Waals surface area contributed by atoms with Crippen molar-refractivity contribution >= 4 is 34.8 Å². The summed E-state index contributed by atoms with van der Waals surface area (Å²) in [7, 11) is 0. The Morgan fingerprint density at radius 2 is 1.71 bits per heavy atom. The van der Waals surface area contributed by atoms with Crippen molar-refractivity contribution in [1.29, 1.82) is 0 Å².